The lowest BCUT2D eigenvalue weighted by Crippen LogP contribution is -2.38. The molecule has 1 fully saturated rings. The average Bonchev–Trinajstić information content (AvgIpc) is 3.44. The Kier molecular flexibility index (Phi) is 5.33. The first-order chi connectivity index (χ1) is 17.1. The van der Waals surface area contributed by atoms with E-state index in [1.807, 2.05) is 30.3 Å². The van der Waals surface area contributed by atoms with Crippen molar-refractivity contribution in [1.82, 2.24) is 15.3 Å². The fourth-order valence-electron chi connectivity index (χ4n) is 4.76. The van der Waals surface area contributed by atoms with Gasteiger partial charge in [0.2, 0.25) is 0 Å². The molecule has 1 aromatic carbocycles. The largest absolute Gasteiger partial charge is 0.456 e. The van der Waals surface area contributed by atoms with Gasteiger partial charge in [-0.3, -0.25) is 4.79 Å². The molecule has 1 saturated carbocycles. The number of carbonyl (C=O) groups excluding carboxylic acids is 2. The summed E-state index contributed by atoms with van der Waals surface area (Å²) in [5.41, 5.74) is 1.16. The van der Waals surface area contributed by atoms with Crippen LogP contribution in [0.2, 0.25) is 0 Å². The number of para-hydroxylation sites is 1. The number of hydrogen-bond acceptors (Lipinski definition) is 6. The highest BCUT2D eigenvalue weighted by Crippen LogP contribution is 2.45. The van der Waals surface area contributed by atoms with Crippen LogP contribution in [0.5, 0.6) is 11.5 Å². The van der Waals surface area contributed by atoms with Crippen molar-refractivity contribution in [1.29, 1.82) is 0 Å². The second-order valence-electron chi connectivity index (χ2n) is 8.84. The third-order valence-corrected chi connectivity index (χ3v) is 7.66. The molecular formula is C26H23N5O3S. The van der Waals surface area contributed by atoms with Gasteiger partial charge in [-0.1, -0.05) is 31.5 Å². The molecule has 6 rings (SSSR count). The molecule has 0 bridgehead atoms. The maximum atomic E-state index is 13.2. The van der Waals surface area contributed by atoms with Gasteiger partial charge in [0, 0.05) is 12.2 Å². The van der Waals surface area contributed by atoms with E-state index in [0.29, 0.717) is 44.3 Å². The number of nitrogens with one attached hydrogen (secondary N) is 2. The number of benzene rings is 1. The molecule has 176 valence electrons. The van der Waals surface area contributed by atoms with Crippen molar-refractivity contribution in [3.05, 3.63) is 65.8 Å². The van der Waals surface area contributed by atoms with Crippen LogP contribution in [-0.4, -0.2) is 27.9 Å². The quantitative estimate of drug-likeness (QED) is 0.357. The summed E-state index contributed by atoms with van der Waals surface area (Å²) in [7, 11) is 0. The van der Waals surface area contributed by atoms with E-state index in [1.165, 1.54) is 16.2 Å². The van der Waals surface area contributed by atoms with Gasteiger partial charge in [-0.05, 0) is 49.1 Å². The second-order valence-corrected chi connectivity index (χ2v) is 9.84. The van der Waals surface area contributed by atoms with Gasteiger partial charge in [0.1, 0.15) is 27.0 Å². The fourth-order valence-corrected chi connectivity index (χ4v) is 5.78. The number of urea groups is 1. The second kappa shape index (κ2) is 8.66. The van der Waals surface area contributed by atoms with Crippen LogP contribution in [0.3, 0.4) is 0 Å². The summed E-state index contributed by atoms with van der Waals surface area (Å²) in [5, 5.41) is 6.82. The lowest BCUT2D eigenvalue weighted by atomic mass is 10.1. The lowest BCUT2D eigenvalue weighted by Gasteiger charge is -2.27. The lowest BCUT2D eigenvalue weighted by molar-refractivity contribution is 0.0934. The molecular weight excluding hydrogens is 462 g/mol. The molecule has 4 aromatic rings. The third kappa shape index (κ3) is 3.87. The highest BCUT2D eigenvalue weighted by Gasteiger charge is 2.34. The number of amides is 3. The number of ether oxygens (including phenoxy) is 1. The molecule has 2 N–H and O–H groups in total. The minimum atomic E-state index is -0.379. The first-order valence-electron chi connectivity index (χ1n) is 11.6. The highest BCUT2D eigenvalue weighted by molar-refractivity contribution is 7.21. The van der Waals surface area contributed by atoms with Gasteiger partial charge in [0.15, 0.2) is 0 Å². The van der Waals surface area contributed by atoms with E-state index >= 15 is 0 Å². The molecule has 2 aliphatic rings. The van der Waals surface area contributed by atoms with Crippen LogP contribution in [0.1, 0.15) is 35.9 Å². The van der Waals surface area contributed by atoms with Crippen molar-refractivity contribution >= 4 is 50.7 Å². The zero-order valence-electron chi connectivity index (χ0n) is 19.0. The summed E-state index contributed by atoms with van der Waals surface area (Å²) in [6.45, 7) is 2.16. The average molecular weight is 486 g/mol. The zero-order chi connectivity index (χ0) is 23.9. The molecule has 3 amide bonds. The summed E-state index contributed by atoms with van der Waals surface area (Å²) in [5.74, 6) is 1.99. The highest BCUT2D eigenvalue weighted by atomic mass is 32.1. The predicted molar refractivity (Wildman–Crippen MR) is 136 cm³/mol. The molecule has 8 nitrogen and oxygen atoms in total. The minimum Gasteiger partial charge on any atom is -0.456 e. The molecule has 1 aliphatic carbocycles. The van der Waals surface area contributed by atoms with Crippen LogP contribution in [0.15, 0.2) is 60.9 Å². The van der Waals surface area contributed by atoms with E-state index in [0.717, 1.165) is 24.6 Å². The Morgan fingerprint density at radius 2 is 1.97 bits per heavy atom. The van der Waals surface area contributed by atoms with Crippen molar-refractivity contribution in [3.8, 4) is 11.5 Å². The predicted octanol–water partition coefficient (Wildman–Crippen LogP) is 6.09. The molecule has 0 saturated heterocycles. The van der Waals surface area contributed by atoms with Crippen molar-refractivity contribution in [2.45, 2.75) is 32.2 Å². The van der Waals surface area contributed by atoms with Crippen LogP contribution in [0.25, 0.3) is 10.2 Å². The SMILES string of the molecule is C[C@H]1CCC[C@H]1NC(=O)c1sc2nccc3c2c1NC(=O)N3c1ccc(Oc2ccccc2)cn1. The molecule has 35 heavy (non-hydrogen) atoms. The van der Waals surface area contributed by atoms with Gasteiger partial charge < -0.3 is 15.4 Å². The van der Waals surface area contributed by atoms with E-state index < -0.39 is 0 Å². The number of thiophene rings is 1. The van der Waals surface area contributed by atoms with E-state index in [1.54, 1.807) is 30.6 Å². The monoisotopic (exact) mass is 485 g/mol. The topological polar surface area (TPSA) is 96.5 Å². The number of carbonyl (C=O) groups is 2. The Morgan fingerprint density at radius 3 is 2.71 bits per heavy atom. The Hall–Kier alpha value is -3.98. The third-order valence-electron chi connectivity index (χ3n) is 6.56. The zero-order valence-corrected chi connectivity index (χ0v) is 19.8. The standard InChI is InChI=1S/C26H23N5O3S/c1-15-6-5-9-18(15)29-24(32)23-22-21-19(12-13-27-25(21)35-23)31(26(33)30-22)20-11-10-17(14-28-20)34-16-7-3-2-4-8-16/h2-4,7-8,10-15,18H,5-6,9H2,1H3,(H,29,32)(H,30,33)/t15-,18+/m0/s1. The first kappa shape index (κ1) is 21.5. The summed E-state index contributed by atoms with van der Waals surface area (Å²) < 4.78 is 5.82. The molecule has 0 unspecified atom stereocenters. The molecule has 0 spiro atoms. The van der Waals surface area contributed by atoms with Gasteiger partial charge in [-0.15, -0.1) is 11.3 Å². The van der Waals surface area contributed by atoms with E-state index in [2.05, 4.69) is 27.5 Å². The summed E-state index contributed by atoms with van der Waals surface area (Å²) in [6.07, 6.45) is 6.44. The molecule has 1 aliphatic heterocycles. The van der Waals surface area contributed by atoms with Crippen molar-refractivity contribution < 1.29 is 14.3 Å². The van der Waals surface area contributed by atoms with Crippen LogP contribution >= 0.6 is 11.3 Å². The Balaban J connectivity index is 1.32. The Morgan fingerprint density at radius 1 is 1.11 bits per heavy atom. The molecule has 4 heterocycles. The van der Waals surface area contributed by atoms with Gasteiger partial charge in [0.05, 0.1) is 23.0 Å². The summed E-state index contributed by atoms with van der Waals surface area (Å²) in [6, 6.07) is 14.5. The van der Waals surface area contributed by atoms with Crippen LogP contribution in [0.4, 0.5) is 22.0 Å². The van der Waals surface area contributed by atoms with Crippen molar-refractivity contribution in [3.63, 3.8) is 0 Å². The molecule has 2 atom stereocenters. The first-order valence-corrected chi connectivity index (χ1v) is 12.4. The fraction of sp³-hybridized carbons (Fsp3) is 0.231. The Labute approximate surface area is 206 Å². The molecule has 0 radical (unpaired) electrons. The van der Waals surface area contributed by atoms with Crippen molar-refractivity contribution in [2.75, 3.05) is 10.2 Å². The van der Waals surface area contributed by atoms with Gasteiger partial charge in [-0.2, -0.15) is 0 Å². The molecule has 9 heteroatoms. The number of rotatable bonds is 5. The Bertz CT molecular complexity index is 1420. The van der Waals surface area contributed by atoms with E-state index in [4.69, 9.17) is 4.74 Å². The maximum absolute atomic E-state index is 13.2. The molecule has 3 aromatic heterocycles. The summed E-state index contributed by atoms with van der Waals surface area (Å²) in [4.78, 5) is 38.0. The van der Waals surface area contributed by atoms with E-state index in [9.17, 15) is 9.59 Å². The number of hydrogen-bond donors (Lipinski definition) is 2. The number of pyridine rings is 2. The van der Waals surface area contributed by atoms with Crippen LogP contribution in [-0.2, 0) is 0 Å². The minimum absolute atomic E-state index is 0.156. The summed E-state index contributed by atoms with van der Waals surface area (Å²) >= 11 is 1.29. The number of aromatic nitrogens is 2. The van der Waals surface area contributed by atoms with Crippen molar-refractivity contribution in [2.24, 2.45) is 5.92 Å². The van der Waals surface area contributed by atoms with Gasteiger partial charge >= 0.3 is 6.03 Å². The normalized spacial score (nSPS) is 19.0. The van der Waals surface area contributed by atoms with Gasteiger partial charge in [0.25, 0.3) is 5.91 Å². The van der Waals surface area contributed by atoms with Crippen LogP contribution < -0.4 is 20.3 Å². The van der Waals surface area contributed by atoms with E-state index in [-0.39, 0.29) is 18.0 Å². The van der Waals surface area contributed by atoms with Crippen LogP contribution in [0, 0.1) is 5.92 Å². The maximum Gasteiger partial charge on any atom is 0.332 e. The number of anilines is 3. The number of nitrogens with zero attached hydrogens (tertiary/aromatic N) is 3. The van der Waals surface area contributed by atoms with Gasteiger partial charge in [-0.25, -0.2) is 19.7 Å². The smallest absolute Gasteiger partial charge is 0.332 e.